The fourth-order valence-corrected chi connectivity index (χ4v) is 4.50. The van der Waals surface area contributed by atoms with E-state index in [4.69, 9.17) is 5.10 Å². The first kappa shape index (κ1) is 19.2. The van der Waals surface area contributed by atoms with E-state index in [1.165, 1.54) is 29.1 Å². The Morgan fingerprint density at radius 1 is 1.18 bits per heavy atom. The van der Waals surface area contributed by atoms with Gasteiger partial charge in [-0.25, -0.2) is 9.67 Å². The molecule has 5 rings (SSSR count). The van der Waals surface area contributed by atoms with Crippen molar-refractivity contribution >= 4 is 12.4 Å². The Morgan fingerprint density at radius 2 is 2.04 bits per heavy atom. The number of aryl methyl sites for hydroxylation is 1. The Hall–Kier alpha value is -2.15. The van der Waals surface area contributed by atoms with Gasteiger partial charge in [0.15, 0.2) is 0 Å². The Labute approximate surface area is 172 Å². The maximum atomic E-state index is 5.06. The van der Waals surface area contributed by atoms with Crippen molar-refractivity contribution < 1.29 is 0 Å². The second kappa shape index (κ2) is 8.07. The fraction of sp³-hybridized carbons (Fsp3) is 0.429. The molecule has 3 heterocycles. The Morgan fingerprint density at radius 3 is 2.82 bits per heavy atom. The first-order valence-electron chi connectivity index (χ1n) is 9.88. The van der Waals surface area contributed by atoms with E-state index in [0.29, 0.717) is 0 Å². The van der Waals surface area contributed by atoms with E-state index >= 15 is 0 Å². The predicted molar refractivity (Wildman–Crippen MR) is 112 cm³/mol. The van der Waals surface area contributed by atoms with Crippen molar-refractivity contribution in [3.05, 3.63) is 65.5 Å². The zero-order chi connectivity index (χ0) is 18.2. The van der Waals surface area contributed by atoms with Crippen LogP contribution in [0.4, 0.5) is 0 Å². The molecule has 2 aliphatic rings. The van der Waals surface area contributed by atoms with Crippen molar-refractivity contribution in [3.63, 3.8) is 0 Å². The fourth-order valence-electron chi connectivity index (χ4n) is 4.50. The highest BCUT2D eigenvalue weighted by atomic mass is 35.5. The first-order valence-corrected chi connectivity index (χ1v) is 9.88. The van der Waals surface area contributed by atoms with Gasteiger partial charge in [0.1, 0.15) is 5.82 Å². The lowest BCUT2D eigenvalue weighted by molar-refractivity contribution is 0.142. The van der Waals surface area contributed by atoms with E-state index < -0.39 is 0 Å². The molecule has 1 N–H and O–H groups in total. The van der Waals surface area contributed by atoms with Crippen LogP contribution in [0.15, 0.2) is 42.7 Å². The highest BCUT2D eigenvalue weighted by Crippen LogP contribution is 2.30. The van der Waals surface area contributed by atoms with Crippen LogP contribution in [0.3, 0.4) is 0 Å². The lowest BCUT2D eigenvalue weighted by Gasteiger charge is -2.35. The molecule has 1 atom stereocenters. The summed E-state index contributed by atoms with van der Waals surface area (Å²) >= 11 is 0. The minimum Gasteiger partial charge on any atom is -0.337 e. The zero-order valence-electron chi connectivity index (χ0n) is 16.2. The molecule has 28 heavy (non-hydrogen) atoms. The number of benzene rings is 1. The van der Waals surface area contributed by atoms with Crippen LogP contribution in [0.5, 0.6) is 0 Å². The molecule has 0 radical (unpaired) electrons. The van der Waals surface area contributed by atoms with Gasteiger partial charge < -0.3 is 9.88 Å². The highest BCUT2D eigenvalue weighted by molar-refractivity contribution is 5.85. The summed E-state index contributed by atoms with van der Waals surface area (Å²) in [4.78, 5) is 7.15. The second-order valence-corrected chi connectivity index (χ2v) is 7.56. The molecule has 148 valence electrons. The van der Waals surface area contributed by atoms with E-state index in [2.05, 4.69) is 61.8 Å². The van der Waals surface area contributed by atoms with Crippen molar-refractivity contribution in [1.29, 1.82) is 0 Å². The third-order valence-corrected chi connectivity index (χ3v) is 5.88. The number of aromatic nitrogens is 4. The predicted octanol–water partition coefficient (Wildman–Crippen LogP) is 2.66. The second-order valence-electron chi connectivity index (χ2n) is 7.56. The van der Waals surface area contributed by atoms with E-state index in [-0.39, 0.29) is 18.4 Å². The number of nitrogens with one attached hydrogen (secondary N) is 1. The molecule has 1 saturated heterocycles. The van der Waals surface area contributed by atoms with Crippen molar-refractivity contribution in [2.45, 2.75) is 31.8 Å². The number of piperazine rings is 1. The van der Waals surface area contributed by atoms with Crippen molar-refractivity contribution in [3.8, 4) is 5.69 Å². The van der Waals surface area contributed by atoms with Gasteiger partial charge >= 0.3 is 0 Å². The molecule has 0 saturated carbocycles. The van der Waals surface area contributed by atoms with Crippen LogP contribution in [0, 0.1) is 0 Å². The molecular weight excluding hydrogens is 372 g/mol. The van der Waals surface area contributed by atoms with Gasteiger partial charge in [0.25, 0.3) is 0 Å². The summed E-state index contributed by atoms with van der Waals surface area (Å²) in [6, 6.07) is 10.8. The molecule has 2 aromatic heterocycles. The summed E-state index contributed by atoms with van der Waals surface area (Å²) in [7, 11) is 2.08. The van der Waals surface area contributed by atoms with Gasteiger partial charge in [-0.3, -0.25) is 4.90 Å². The molecule has 7 heteroatoms. The monoisotopic (exact) mass is 398 g/mol. The molecule has 0 amide bonds. The molecule has 1 aromatic carbocycles. The lowest BCUT2D eigenvalue weighted by Crippen LogP contribution is -2.46. The maximum absolute atomic E-state index is 5.06. The summed E-state index contributed by atoms with van der Waals surface area (Å²) in [5, 5.41) is 8.59. The molecule has 1 aliphatic carbocycles. The van der Waals surface area contributed by atoms with Crippen LogP contribution in [0.1, 0.15) is 35.2 Å². The molecule has 1 unspecified atom stereocenters. The summed E-state index contributed by atoms with van der Waals surface area (Å²) in [6.07, 6.45) is 7.43. The third kappa shape index (κ3) is 3.36. The SMILES string of the molecule is Cl.Cn1ccnc1C1CNCCN1Cc1nn(-c2ccccc2)c2c1CCC2. The van der Waals surface area contributed by atoms with Crippen LogP contribution in [-0.2, 0) is 26.4 Å². The van der Waals surface area contributed by atoms with Crippen LogP contribution >= 0.6 is 12.4 Å². The van der Waals surface area contributed by atoms with E-state index in [9.17, 15) is 0 Å². The van der Waals surface area contributed by atoms with Crippen LogP contribution in [0.2, 0.25) is 0 Å². The number of rotatable bonds is 4. The largest absolute Gasteiger partial charge is 0.337 e. The Bertz CT molecular complexity index is 932. The number of para-hydroxylation sites is 1. The molecule has 0 bridgehead atoms. The molecule has 0 spiro atoms. The molecule has 1 aliphatic heterocycles. The number of hydrogen-bond acceptors (Lipinski definition) is 4. The van der Waals surface area contributed by atoms with E-state index in [1.807, 2.05) is 12.4 Å². The minimum atomic E-state index is 0. The van der Waals surface area contributed by atoms with Gasteiger partial charge in [0.2, 0.25) is 0 Å². The quantitative estimate of drug-likeness (QED) is 0.734. The summed E-state index contributed by atoms with van der Waals surface area (Å²) in [5.41, 5.74) is 5.28. The van der Waals surface area contributed by atoms with Gasteiger partial charge in [-0.1, -0.05) is 18.2 Å². The molecule has 1 fully saturated rings. The van der Waals surface area contributed by atoms with Gasteiger partial charge in [0, 0.05) is 51.3 Å². The van der Waals surface area contributed by atoms with Crippen LogP contribution in [0.25, 0.3) is 5.69 Å². The number of fused-ring (bicyclic) bond motifs is 1. The first-order chi connectivity index (χ1) is 13.3. The molecular formula is C21H27ClN6. The van der Waals surface area contributed by atoms with Gasteiger partial charge in [-0.05, 0) is 37.0 Å². The topological polar surface area (TPSA) is 50.9 Å². The van der Waals surface area contributed by atoms with E-state index in [0.717, 1.165) is 44.8 Å². The Balaban J connectivity index is 0.00000192. The van der Waals surface area contributed by atoms with Crippen molar-refractivity contribution in [1.82, 2.24) is 29.5 Å². The number of imidazole rings is 1. The smallest absolute Gasteiger partial charge is 0.127 e. The number of nitrogens with zero attached hydrogens (tertiary/aromatic N) is 5. The van der Waals surface area contributed by atoms with Crippen LogP contribution in [-0.4, -0.2) is 43.9 Å². The number of halogens is 1. The van der Waals surface area contributed by atoms with Gasteiger partial charge in [-0.2, -0.15) is 5.10 Å². The average molecular weight is 399 g/mol. The number of hydrogen-bond donors (Lipinski definition) is 1. The lowest BCUT2D eigenvalue weighted by atomic mass is 10.1. The highest BCUT2D eigenvalue weighted by Gasteiger charge is 2.30. The van der Waals surface area contributed by atoms with Gasteiger partial charge in [-0.15, -0.1) is 12.4 Å². The summed E-state index contributed by atoms with van der Waals surface area (Å²) in [6.45, 7) is 3.86. The standard InChI is InChI=1S/C21H26N6.ClH/c1-25-12-11-23-21(25)20-14-22-10-13-26(20)15-18-17-8-5-9-19(17)27(24-18)16-6-3-2-4-7-16;/h2-4,6-7,11-12,20,22H,5,8-10,13-15H2,1H3;1H. The average Bonchev–Trinajstić information content (AvgIpc) is 3.41. The third-order valence-electron chi connectivity index (χ3n) is 5.88. The molecule has 3 aromatic rings. The van der Waals surface area contributed by atoms with Crippen LogP contribution < -0.4 is 5.32 Å². The van der Waals surface area contributed by atoms with E-state index in [1.54, 1.807) is 0 Å². The van der Waals surface area contributed by atoms with Crippen molar-refractivity contribution in [2.75, 3.05) is 19.6 Å². The minimum absolute atomic E-state index is 0. The van der Waals surface area contributed by atoms with Crippen molar-refractivity contribution in [2.24, 2.45) is 7.05 Å². The zero-order valence-corrected chi connectivity index (χ0v) is 17.0. The Kier molecular flexibility index (Phi) is 5.53. The maximum Gasteiger partial charge on any atom is 0.127 e. The normalized spacial score (nSPS) is 19.4. The summed E-state index contributed by atoms with van der Waals surface area (Å²) < 4.78 is 4.31. The summed E-state index contributed by atoms with van der Waals surface area (Å²) in [5.74, 6) is 1.13. The molecule has 6 nitrogen and oxygen atoms in total. The van der Waals surface area contributed by atoms with Gasteiger partial charge in [0.05, 0.1) is 17.4 Å².